The van der Waals surface area contributed by atoms with E-state index < -0.39 is 0 Å². The molecule has 0 atom stereocenters. The number of halogens is 1. The topological polar surface area (TPSA) is 48.0 Å². The quantitative estimate of drug-likeness (QED) is 0.628. The molecule has 1 aromatic rings. The zero-order valence-corrected chi connectivity index (χ0v) is 10.8. The van der Waals surface area contributed by atoms with E-state index in [9.17, 15) is 4.79 Å². The van der Waals surface area contributed by atoms with Gasteiger partial charge in [0.05, 0.1) is 7.11 Å². The van der Waals surface area contributed by atoms with Crippen LogP contribution >= 0.6 is 16.3 Å². The smallest absolute Gasteiger partial charge is 0.253 e. The molecule has 0 fully saturated rings. The first-order valence-electron chi connectivity index (χ1n) is 4.45. The number of ether oxygens (including phenoxy) is 1. The number of nitrogens with zero attached hydrogens (tertiary/aromatic N) is 1. The summed E-state index contributed by atoms with van der Waals surface area (Å²) in [7, 11) is 4.85. The number of amides is 1. The third-order valence-corrected chi connectivity index (χ3v) is 2.07. The maximum atomic E-state index is 11.7. The molecule has 0 N–H and O–H groups in total. The Balaban J connectivity index is 3.03. The maximum Gasteiger partial charge on any atom is 0.253 e. The Morgan fingerprint density at radius 3 is 2.50 bits per heavy atom. The maximum absolute atomic E-state index is 11.7. The Hall–Kier alpha value is -1.27. The standard InChI is InChI=1S/C10H12BrNO4/c1-12(2)10(13)7-4-5-8(15-16-11)9(6-7)14-3/h4-6H,1-3H3. The SMILES string of the molecule is COc1cc(C(=O)N(C)C)ccc1OOBr. The molecule has 0 heterocycles. The van der Waals surface area contributed by atoms with E-state index in [1.165, 1.54) is 12.0 Å². The van der Waals surface area contributed by atoms with E-state index in [4.69, 9.17) is 9.62 Å². The molecule has 16 heavy (non-hydrogen) atoms. The molecule has 0 aromatic heterocycles. The minimum Gasteiger partial charge on any atom is -0.493 e. The Labute approximate surface area is 102 Å². The first-order valence-corrected chi connectivity index (χ1v) is 5.10. The summed E-state index contributed by atoms with van der Waals surface area (Å²) in [6, 6.07) is 4.81. The number of methoxy groups -OCH3 is 1. The van der Waals surface area contributed by atoms with Crippen molar-refractivity contribution in [2.45, 2.75) is 0 Å². The highest BCUT2D eigenvalue weighted by Crippen LogP contribution is 2.28. The number of hydrogen-bond acceptors (Lipinski definition) is 4. The molecule has 1 aromatic carbocycles. The van der Waals surface area contributed by atoms with Gasteiger partial charge in [0.25, 0.3) is 5.91 Å². The van der Waals surface area contributed by atoms with Crippen LogP contribution < -0.4 is 9.62 Å². The van der Waals surface area contributed by atoms with Gasteiger partial charge in [0.2, 0.25) is 5.75 Å². The third kappa shape index (κ3) is 2.86. The van der Waals surface area contributed by atoms with Crippen molar-refractivity contribution in [2.24, 2.45) is 0 Å². The van der Waals surface area contributed by atoms with Gasteiger partial charge >= 0.3 is 0 Å². The van der Waals surface area contributed by atoms with Crippen molar-refractivity contribution in [3.05, 3.63) is 23.8 Å². The molecule has 0 aliphatic heterocycles. The predicted molar refractivity (Wildman–Crippen MR) is 61.7 cm³/mol. The van der Waals surface area contributed by atoms with E-state index in [-0.39, 0.29) is 5.91 Å². The van der Waals surface area contributed by atoms with Crippen molar-refractivity contribution < 1.29 is 18.4 Å². The summed E-state index contributed by atoms with van der Waals surface area (Å²) in [4.78, 5) is 17.9. The van der Waals surface area contributed by atoms with E-state index in [2.05, 4.69) is 20.2 Å². The molecule has 0 aliphatic carbocycles. The highest BCUT2D eigenvalue weighted by Gasteiger charge is 2.12. The second kappa shape index (κ2) is 5.72. The molecular weight excluding hydrogens is 278 g/mol. The second-order valence-corrected chi connectivity index (χ2v) is 3.48. The first-order chi connectivity index (χ1) is 7.60. The largest absolute Gasteiger partial charge is 0.493 e. The zero-order chi connectivity index (χ0) is 12.1. The summed E-state index contributed by atoms with van der Waals surface area (Å²) in [6.07, 6.45) is 0. The summed E-state index contributed by atoms with van der Waals surface area (Å²) in [5, 5.41) is 0. The van der Waals surface area contributed by atoms with Crippen LogP contribution in [0.1, 0.15) is 10.4 Å². The van der Waals surface area contributed by atoms with Gasteiger partial charge in [-0.1, -0.05) is 0 Å². The molecule has 6 heteroatoms. The summed E-state index contributed by atoms with van der Waals surface area (Å²) < 4.78 is 9.43. The van der Waals surface area contributed by atoms with E-state index in [0.29, 0.717) is 17.1 Å². The van der Waals surface area contributed by atoms with Crippen LogP contribution in [0.3, 0.4) is 0 Å². The molecule has 0 radical (unpaired) electrons. The minimum absolute atomic E-state index is 0.107. The van der Waals surface area contributed by atoms with Crippen molar-refractivity contribution in [1.29, 1.82) is 0 Å². The van der Waals surface area contributed by atoms with Crippen molar-refractivity contribution in [3.8, 4) is 11.5 Å². The van der Waals surface area contributed by atoms with Crippen LogP contribution in [-0.2, 0) is 3.98 Å². The van der Waals surface area contributed by atoms with E-state index in [1.807, 2.05) is 0 Å². The molecule has 1 rings (SSSR count). The molecular formula is C10H12BrNO4. The number of hydrogen-bond donors (Lipinski definition) is 0. The predicted octanol–water partition coefficient (Wildman–Crippen LogP) is 2.02. The van der Waals surface area contributed by atoms with Gasteiger partial charge in [-0.2, -0.15) is 0 Å². The molecule has 0 spiro atoms. The minimum atomic E-state index is -0.107. The Kier molecular flexibility index (Phi) is 4.57. The molecule has 88 valence electrons. The van der Waals surface area contributed by atoms with Crippen LogP contribution in [0.4, 0.5) is 0 Å². The molecule has 1 amide bonds. The van der Waals surface area contributed by atoms with Gasteiger partial charge < -0.3 is 14.5 Å². The number of benzene rings is 1. The van der Waals surface area contributed by atoms with Crippen LogP contribution in [0.25, 0.3) is 0 Å². The fraction of sp³-hybridized carbons (Fsp3) is 0.300. The Morgan fingerprint density at radius 1 is 1.31 bits per heavy atom. The van der Waals surface area contributed by atoms with Gasteiger partial charge in [0, 0.05) is 19.7 Å². The van der Waals surface area contributed by atoms with E-state index in [1.54, 1.807) is 32.3 Å². The van der Waals surface area contributed by atoms with Crippen molar-refractivity contribution in [2.75, 3.05) is 21.2 Å². The number of carbonyl (C=O) groups excluding carboxylic acids is 1. The van der Waals surface area contributed by atoms with Gasteiger partial charge in [-0.3, -0.25) is 4.79 Å². The van der Waals surface area contributed by atoms with Crippen molar-refractivity contribution >= 4 is 22.2 Å². The van der Waals surface area contributed by atoms with Crippen LogP contribution in [0.15, 0.2) is 18.2 Å². The lowest BCUT2D eigenvalue weighted by molar-refractivity contribution is -0.0673. The normalized spacial score (nSPS) is 9.75. The van der Waals surface area contributed by atoms with Gasteiger partial charge in [-0.15, -0.1) is 3.98 Å². The lowest BCUT2D eigenvalue weighted by Crippen LogP contribution is -2.21. The molecule has 0 unspecified atom stereocenters. The highest BCUT2D eigenvalue weighted by molar-refractivity contribution is 9.05. The monoisotopic (exact) mass is 289 g/mol. The average Bonchev–Trinajstić information content (AvgIpc) is 2.29. The Bertz CT molecular complexity index is 381. The summed E-state index contributed by atoms with van der Waals surface area (Å²) in [5.74, 6) is 0.700. The lowest BCUT2D eigenvalue weighted by Gasteiger charge is -2.12. The van der Waals surface area contributed by atoms with Crippen LogP contribution in [0.5, 0.6) is 11.5 Å². The van der Waals surface area contributed by atoms with E-state index >= 15 is 0 Å². The second-order valence-electron chi connectivity index (χ2n) is 3.21. The first kappa shape index (κ1) is 12.8. The fourth-order valence-electron chi connectivity index (χ4n) is 1.16. The van der Waals surface area contributed by atoms with E-state index in [0.717, 1.165) is 0 Å². The summed E-state index contributed by atoms with van der Waals surface area (Å²) in [5.41, 5.74) is 0.517. The Morgan fingerprint density at radius 2 is 2.00 bits per heavy atom. The van der Waals surface area contributed by atoms with Crippen molar-refractivity contribution in [1.82, 2.24) is 4.90 Å². The van der Waals surface area contributed by atoms with Gasteiger partial charge in [-0.25, -0.2) is 0 Å². The van der Waals surface area contributed by atoms with Crippen molar-refractivity contribution in [3.63, 3.8) is 0 Å². The molecule has 0 saturated carbocycles. The highest BCUT2D eigenvalue weighted by atomic mass is 79.9. The average molecular weight is 290 g/mol. The van der Waals surface area contributed by atoms with Gasteiger partial charge in [0.1, 0.15) is 0 Å². The zero-order valence-electron chi connectivity index (χ0n) is 9.19. The number of rotatable bonds is 4. The van der Waals surface area contributed by atoms with Crippen LogP contribution in [0, 0.1) is 0 Å². The molecule has 0 aliphatic rings. The van der Waals surface area contributed by atoms with Crippen LogP contribution in [0.2, 0.25) is 0 Å². The molecule has 5 nitrogen and oxygen atoms in total. The van der Waals surface area contributed by atoms with Crippen LogP contribution in [-0.4, -0.2) is 32.0 Å². The summed E-state index contributed by atoms with van der Waals surface area (Å²) >= 11 is 2.67. The van der Waals surface area contributed by atoms with Gasteiger partial charge in [-0.05, 0) is 18.2 Å². The molecule has 0 saturated heterocycles. The molecule has 0 bridgehead atoms. The summed E-state index contributed by atoms with van der Waals surface area (Å²) in [6.45, 7) is 0. The third-order valence-electron chi connectivity index (χ3n) is 1.94. The lowest BCUT2D eigenvalue weighted by atomic mass is 10.2. The fourth-order valence-corrected chi connectivity index (χ4v) is 1.30. The number of carbonyl (C=O) groups is 1. The van der Waals surface area contributed by atoms with Gasteiger partial charge in [0.15, 0.2) is 22.0 Å².